The van der Waals surface area contributed by atoms with E-state index in [1.54, 1.807) is 12.1 Å². The van der Waals surface area contributed by atoms with Gasteiger partial charge in [0.15, 0.2) is 0 Å². The van der Waals surface area contributed by atoms with Gasteiger partial charge in [0.1, 0.15) is 0 Å². The fourth-order valence-electron chi connectivity index (χ4n) is 2.52. The van der Waals surface area contributed by atoms with Crippen molar-refractivity contribution in [2.24, 2.45) is 0 Å². The maximum Gasteiger partial charge on any atom is 0.265 e. The van der Waals surface area contributed by atoms with Gasteiger partial charge in [0.2, 0.25) is 0 Å². The summed E-state index contributed by atoms with van der Waals surface area (Å²) in [6.07, 6.45) is -2.55. The smallest absolute Gasteiger partial charge is 0.247 e. The molecule has 0 fully saturated rings. The first-order chi connectivity index (χ1) is 10.1. The zero-order valence-corrected chi connectivity index (χ0v) is 11.6. The number of hydrogen-bond donors (Lipinski definition) is 0. The van der Waals surface area contributed by atoms with Gasteiger partial charge in [-0.05, 0) is 25.0 Å². The molecule has 0 atom stereocenters. The van der Waals surface area contributed by atoms with E-state index in [1.165, 1.54) is 6.07 Å². The molecule has 1 aromatic heterocycles. The van der Waals surface area contributed by atoms with Gasteiger partial charge >= 0.3 is 0 Å². The van der Waals surface area contributed by atoms with Crippen molar-refractivity contribution in [3.05, 3.63) is 72.1 Å². The Bertz CT molecular complexity index is 795. The van der Waals surface area contributed by atoms with Crippen molar-refractivity contribution in [2.45, 2.75) is 13.3 Å². The number of rotatable bonds is 2. The first-order valence-corrected chi connectivity index (χ1v) is 6.68. The summed E-state index contributed by atoms with van der Waals surface area (Å²) in [5.41, 5.74) is 3.57. The molecule has 0 saturated heterocycles. The molecule has 0 saturated carbocycles. The number of fused-ring (bicyclic) bond motifs is 1. The van der Waals surface area contributed by atoms with Crippen LogP contribution in [0.5, 0.6) is 0 Å². The van der Waals surface area contributed by atoms with E-state index in [-0.39, 0.29) is 5.56 Å². The van der Waals surface area contributed by atoms with Gasteiger partial charge in [-0.1, -0.05) is 48.5 Å². The molecule has 1 heterocycles. The van der Waals surface area contributed by atoms with Crippen LogP contribution in [0.4, 0.5) is 8.78 Å². The van der Waals surface area contributed by atoms with Gasteiger partial charge in [0.25, 0.3) is 6.43 Å². The molecule has 1 nitrogen and oxygen atoms in total. The zero-order chi connectivity index (χ0) is 15.0. The molecule has 105 valence electrons. The van der Waals surface area contributed by atoms with Gasteiger partial charge < -0.3 is 0 Å². The monoisotopic (exact) mass is 282 g/mol. The molecular formula is C18H14F2N. The average Bonchev–Trinajstić information content (AvgIpc) is 2.51. The number of para-hydroxylation sites is 1. The van der Waals surface area contributed by atoms with Crippen molar-refractivity contribution in [2.75, 3.05) is 0 Å². The van der Waals surface area contributed by atoms with Gasteiger partial charge in [-0.25, -0.2) is 13.8 Å². The number of hydrogen-bond acceptors (Lipinski definition) is 1. The molecule has 3 heteroatoms. The third-order valence-electron chi connectivity index (χ3n) is 3.71. The largest absolute Gasteiger partial charge is 0.265 e. The number of alkyl halides is 2. The Hall–Kier alpha value is -2.29. The summed E-state index contributed by atoms with van der Waals surface area (Å²) in [7, 11) is 0. The van der Waals surface area contributed by atoms with E-state index in [0.717, 1.165) is 16.7 Å². The standard InChI is InChI=1S/C18H14F2N/c1-11-12(2)16(13-7-4-3-5-8-13)21-17-14(11)9-6-10-15(17)18(19)20/h3-10,18H,1H2,2H3. The van der Waals surface area contributed by atoms with Gasteiger partial charge in [0, 0.05) is 16.5 Å². The van der Waals surface area contributed by atoms with Crippen LogP contribution in [0.1, 0.15) is 23.1 Å². The maximum absolute atomic E-state index is 13.2. The van der Waals surface area contributed by atoms with E-state index in [2.05, 4.69) is 11.9 Å². The van der Waals surface area contributed by atoms with Crippen molar-refractivity contribution in [1.29, 1.82) is 0 Å². The second kappa shape index (κ2) is 5.24. The molecule has 0 aliphatic carbocycles. The lowest BCUT2D eigenvalue weighted by atomic mass is 9.97. The molecule has 3 aromatic rings. The van der Waals surface area contributed by atoms with Crippen molar-refractivity contribution < 1.29 is 8.78 Å². The van der Waals surface area contributed by atoms with Crippen LogP contribution in [0.25, 0.3) is 22.2 Å². The number of benzene rings is 2. The lowest BCUT2D eigenvalue weighted by molar-refractivity contribution is 0.153. The van der Waals surface area contributed by atoms with E-state index < -0.39 is 6.43 Å². The number of pyridine rings is 1. The highest BCUT2D eigenvalue weighted by Gasteiger charge is 2.17. The SMILES string of the molecule is [CH2]c1c(C)c(-c2ccccc2)nc2c(C(F)F)cccc12. The van der Waals surface area contributed by atoms with Gasteiger partial charge in [-0.3, -0.25) is 0 Å². The van der Waals surface area contributed by atoms with Crippen molar-refractivity contribution in [3.8, 4) is 11.3 Å². The second-order valence-corrected chi connectivity index (χ2v) is 4.97. The molecule has 21 heavy (non-hydrogen) atoms. The van der Waals surface area contributed by atoms with Crippen LogP contribution in [-0.4, -0.2) is 4.98 Å². The number of aromatic nitrogens is 1. The summed E-state index contributed by atoms with van der Waals surface area (Å²) < 4.78 is 26.4. The molecule has 0 unspecified atom stereocenters. The molecule has 1 radical (unpaired) electrons. The fraction of sp³-hybridized carbons (Fsp3) is 0.111. The number of halogens is 2. The van der Waals surface area contributed by atoms with Gasteiger partial charge in [-0.15, -0.1) is 0 Å². The second-order valence-electron chi connectivity index (χ2n) is 4.97. The van der Waals surface area contributed by atoms with Crippen molar-refractivity contribution in [3.63, 3.8) is 0 Å². The highest BCUT2D eigenvalue weighted by atomic mass is 19.3. The summed E-state index contributed by atoms with van der Waals surface area (Å²) in [5, 5.41) is 0.685. The van der Waals surface area contributed by atoms with E-state index in [9.17, 15) is 8.78 Å². The molecule has 0 aliphatic rings. The van der Waals surface area contributed by atoms with Gasteiger partial charge in [-0.2, -0.15) is 0 Å². The topological polar surface area (TPSA) is 12.9 Å². The van der Waals surface area contributed by atoms with Crippen LogP contribution in [0.15, 0.2) is 48.5 Å². The highest BCUT2D eigenvalue weighted by Crippen LogP contribution is 2.33. The summed E-state index contributed by atoms with van der Waals surface area (Å²) in [6, 6.07) is 14.4. The van der Waals surface area contributed by atoms with Crippen LogP contribution in [0.3, 0.4) is 0 Å². The Morgan fingerprint density at radius 1 is 1.00 bits per heavy atom. The fourth-order valence-corrected chi connectivity index (χ4v) is 2.52. The minimum Gasteiger partial charge on any atom is -0.247 e. The van der Waals surface area contributed by atoms with Crippen LogP contribution in [0.2, 0.25) is 0 Å². The van der Waals surface area contributed by atoms with Crippen LogP contribution < -0.4 is 0 Å². The Morgan fingerprint density at radius 2 is 1.71 bits per heavy atom. The predicted molar refractivity (Wildman–Crippen MR) is 81.3 cm³/mol. The Morgan fingerprint density at radius 3 is 2.38 bits per heavy atom. The molecular weight excluding hydrogens is 268 g/mol. The summed E-state index contributed by atoms with van der Waals surface area (Å²) in [5.74, 6) is 0. The zero-order valence-electron chi connectivity index (χ0n) is 11.6. The molecule has 0 N–H and O–H groups in total. The van der Waals surface area contributed by atoms with Crippen LogP contribution in [-0.2, 0) is 0 Å². The third-order valence-corrected chi connectivity index (χ3v) is 3.71. The molecule has 0 spiro atoms. The normalized spacial score (nSPS) is 11.3. The van der Waals surface area contributed by atoms with E-state index in [0.29, 0.717) is 16.6 Å². The first kappa shape index (κ1) is 13.7. The minimum absolute atomic E-state index is 0.0467. The predicted octanol–water partition coefficient (Wildman–Crippen LogP) is 5.33. The van der Waals surface area contributed by atoms with Gasteiger partial charge in [0.05, 0.1) is 11.2 Å². The molecule has 0 amide bonds. The summed E-state index contributed by atoms with van der Waals surface area (Å²) in [6.45, 7) is 5.97. The minimum atomic E-state index is -2.55. The highest BCUT2D eigenvalue weighted by molar-refractivity contribution is 5.90. The lowest BCUT2D eigenvalue weighted by Gasteiger charge is -2.14. The van der Waals surface area contributed by atoms with E-state index >= 15 is 0 Å². The molecule has 2 aromatic carbocycles. The summed E-state index contributed by atoms with van der Waals surface area (Å²) in [4.78, 5) is 4.51. The molecule has 0 bridgehead atoms. The molecule has 0 aliphatic heterocycles. The van der Waals surface area contributed by atoms with Crippen molar-refractivity contribution in [1.82, 2.24) is 4.98 Å². The Kier molecular flexibility index (Phi) is 3.42. The lowest BCUT2D eigenvalue weighted by Crippen LogP contribution is -1.98. The van der Waals surface area contributed by atoms with E-state index in [1.807, 2.05) is 37.3 Å². The summed E-state index contributed by atoms with van der Waals surface area (Å²) >= 11 is 0. The van der Waals surface area contributed by atoms with Crippen LogP contribution >= 0.6 is 0 Å². The third kappa shape index (κ3) is 2.29. The number of nitrogens with zero attached hydrogens (tertiary/aromatic N) is 1. The van der Waals surface area contributed by atoms with Crippen molar-refractivity contribution >= 4 is 10.9 Å². The molecule has 3 rings (SSSR count). The first-order valence-electron chi connectivity index (χ1n) is 6.68. The Labute approximate surface area is 122 Å². The Balaban J connectivity index is 2.37. The average molecular weight is 282 g/mol. The van der Waals surface area contributed by atoms with E-state index in [4.69, 9.17) is 0 Å². The quantitative estimate of drug-likeness (QED) is 0.619. The van der Waals surface area contributed by atoms with Crippen LogP contribution in [0, 0.1) is 13.8 Å². The maximum atomic E-state index is 13.2.